The third kappa shape index (κ3) is 4.34. The van der Waals surface area contributed by atoms with Crippen molar-refractivity contribution >= 4 is 5.97 Å². The summed E-state index contributed by atoms with van der Waals surface area (Å²) in [7, 11) is 0. The molecule has 0 saturated heterocycles. The number of carboxylic acids is 1. The van der Waals surface area contributed by atoms with Crippen LogP contribution in [0.1, 0.15) is 20.3 Å². The minimum atomic E-state index is -0.799. The molecule has 0 saturated carbocycles. The number of benzene rings is 1. The van der Waals surface area contributed by atoms with E-state index in [0.29, 0.717) is 31.1 Å². The molecule has 0 fully saturated rings. The molecule has 0 heterocycles. The zero-order chi connectivity index (χ0) is 12.7. The fourth-order valence-corrected chi connectivity index (χ4v) is 1.31. The number of carboxylic acid groups (broad SMARTS) is 1. The largest absolute Gasteiger partial charge is 0.490 e. The Morgan fingerprint density at radius 3 is 2.41 bits per heavy atom. The summed E-state index contributed by atoms with van der Waals surface area (Å²) in [6.07, 6.45) is 0.482. The zero-order valence-corrected chi connectivity index (χ0v) is 10.2. The van der Waals surface area contributed by atoms with E-state index in [-0.39, 0.29) is 0 Å². The molecule has 0 bridgehead atoms. The van der Waals surface area contributed by atoms with Crippen molar-refractivity contribution in [3.05, 3.63) is 24.3 Å². The lowest BCUT2D eigenvalue weighted by molar-refractivity contribution is -0.141. The minimum absolute atomic E-state index is 0.373. The molecular weight excluding hydrogens is 220 g/mol. The molecule has 0 aromatic heterocycles. The first-order valence-corrected chi connectivity index (χ1v) is 5.72. The number of ether oxygens (including phenoxy) is 2. The summed E-state index contributed by atoms with van der Waals surface area (Å²) in [5.41, 5.74) is 0. The zero-order valence-electron chi connectivity index (χ0n) is 10.2. The van der Waals surface area contributed by atoms with Crippen molar-refractivity contribution in [2.24, 2.45) is 5.92 Å². The smallest absolute Gasteiger partial charge is 0.306 e. The van der Waals surface area contributed by atoms with E-state index in [9.17, 15) is 4.79 Å². The second-order valence-corrected chi connectivity index (χ2v) is 3.76. The van der Waals surface area contributed by atoms with Crippen molar-refractivity contribution in [2.75, 3.05) is 13.2 Å². The average molecular weight is 238 g/mol. The molecule has 94 valence electrons. The van der Waals surface area contributed by atoms with Gasteiger partial charge in [0.15, 0.2) is 11.5 Å². The van der Waals surface area contributed by atoms with E-state index in [1.165, 1.54) is 0 Å². The molecule has 1 aromatic rings. The van der Waals surface area contributed by atoms with E-state index in [1.54, 1.807) is 6.92 Å². The van der Waals surface area contributed by atoms with Crippen molar-refractivity contribution in [3.8, 4) is 11.5 Å². The predicted molar refractivity (Wildman–Crippen MR) is 64.5 cm³/mol. The molecule has 0 aliphatic carbocycles. The first kappa shape index (κ1) is 13.4. The van der Waals surface area contributed by atoms with Crippen LogP contribution in [0.25, 0.3) is 0 Å². The van der Waals surface area contributed by atoms with Crippen LogP contribution in [-0.2, 0) is 4.79 Å². The lowest BCUT2D eigenvalue weighted by Gasteiger charge is -2.12. The normalized spacial score (nSPS) is 11.9. The number of aliphatic carboxylic acids is 1. The second kappa shape index (κ2) is 6.78. The molecule has 17 heavy (non-hydrogen) atoms. The highest BCUT2D eigenvalue weighted by Gasteiger charge is 2.11. The summed E-state index contributed by atoms with van der Waals surface area (Å²) in [5, 5.41) is 8.74. The average Bonchev–Trinajstić information content (AvgIpc) is 2.31. The summed E-state index contributed by atoms with van der Waals surface area (Å²) in [4.78, 5) is 10.6. The molecule has 0 aliphatic rings. The Hall–Kier alpha value is -1.71. The Bertz CT molecular complexity index is 362. The summed E-state index contributed by atoms with van der Waals surface area (Å²) < 4.78 is 10.9. The van der Waals surface area contributed by atoms with Crippen molar-refractivity contribution in [1.29, 1.82) is 0 Å². The van der Waals surface area contributed by atoms with Crippen LogP contribution in [0.2, 0.25) is 0 Å². The Morgan fingerprint density at radius 2 is 1.88 bits per heavy atom. The number of hydrogen-bond acceptors (Lipinski definition) is 3. The van der Waals surface area contributed by atoms with E-state index in [2.05, 4.69) is 0 Å². The van der Waals surface area contributed by atoms with Crippen LogP contribution in [0.15, 0.2) is 24.3 Å². The molecule has 4 nitrogen and oxygen atoms in total. The minimum Gasteiger partial charge on any atom is -0.490 e. The molecule has 0 spiro atoms. The van der Waals surface area contributed by atoms with Crippen LogP contribution in [0, 0.1) is 5.92 Å². The van der Waals surface area contributed by atoms with Gasteiger partial charge in [-0.1, -0.05) is 19.1 Å². The molecular formula is C13H18O4. The van der Waals surface area contributed by atoms with Crippen LogP contribution in [0.4, 0.5) is 0 Å². The highest BCUT2D eigenvalue weighted by molar-refractivity contribution is 5.69. The number of para-hydroxylation sites is 2. The third-order valence-electron chi connectivity index (χ3n) is 2.38. The Balaban J connectivity index is 2.48. The maximum absolute atomic E-state index is 10.6. The van der Waals surface area contributed by atoms with E-state index in [4.69, 9.17) is 14.6 Å². The summed E-state index contributed by atoms with van der Waals surface area (Å²) in [6, 6.07) is 7.38. The third-order valence-corrected chi connectivity index (χ3v) is 2.38. The van der Waals surface area contributed by atoms with Gasteiger partial charge in [-0.2, -0.15) is 0 Å². The van der Waals surface area contributed by atoms with Gasteiger partial charge in [0.1, 0.15) is 0 Å². The standard InChI is InChI=1S/C13H18O4/c1-3-16-11-6-4-5-7-12(11)17-9-8-10(2)13(14)15/h4-7,10H,3,8-9H2,1-2H3,(H,14,15). The lowest BCUT2D eigenvalue weighted by atomic mass is 10.1. The number of rotatable bonds is 7. The first-order valence-electron chi connectivity index (χ1n) is 5.72. The maximum Gasteiger partial charge on any atom is 0.306 e. The molecule has 0 amide bonds. The predicted octanol–water partition coefficient (Wildman–Crippen LogP) is 2.57. The van der Waals surface area contributed by atoms with E-state index < -0.39 is 11.9 Å². The fourth-order valence-electron chi connectivity index (χ4n) is 1.31. The van der Waals surface area contributed by atoms with Crippen molar-refractivity contribution < 1.29 is 19.4 Å². The van der Waals surface area contributed by atoms with Crippen LogP contribution in [0.5, 0.6) is 11.5 Å². The van der Waals surface area contributed by atoms with Gasteiger partial charge >= 0.3 is 5.97 Å². The van der Waals surface area contributed by atoms with E-state index in [1.807, 2.05) is 31.2 Å². The highest BCUT2D eigenvalue weighted by Crippen LogP contribution is 2.26. The van der Waals surface area contributed by atoms with Gasteiger partial charge in [-0.25, -0.2) is 0 Å². The van der Waals surface area contributed by atoms with E-state index >= 15 is 0 Å². The lowest BCUT2D eigenvalue weighted by Crippen LogP contribution is -2.13. The first-order chi connectivity index (χ1) is 8.15. The molecule has 1 aromatic carbocycles. The van der Waals surface area contributed by atoms with Crippen molar-refractivity contribution in [1.82, 2.24) is 0 Å². The van der Waals surface area contributed by atoms with Gasteiger partial charge in [-0.3, -0.25) is 4.79 Å². The van der Waals surface area contributed by atoms with Gasteiger partial charge in [0.2, 0.25) is 0 Å². The Labute approximate surface area is 101 Å². The molecule has 4 heteroatoms. The van der Waals surface area contributed by atoms with Gasteiger partial charge < -0.3 is 14.6 Å². The van der Waals surface area contributed by atoms with Crippen LogP contribution in [-0.4, -0.2) is 24.3 Å². The molecule has 1 unspecified atom stereocenters. The van der Waals surface area contributed by atoms with Crippen molar-refractivity contribution in [2.45, 2.75) is 20.3 Å². The van der Waals surface area contributed by atoms with Crippen LogP contribution < -0.4 is 9.47 Å². The topological polar surface area (TPSA) is 55.8 Å². The van der Waals surface area contributed by atoms with Gasteiger partial charge in [-0.15, -0.1) is 0 Å². The molecule has 0 aliphatic heterocycles. The second-order valence-electron chi connectivity index (χ2n) is 3.76. The number of carbonyl (C=O) groups is 1. The molecule has 1 rings (SSSR count). The monoisotopic (exact) mass is 238 g/mol. The van der Waals surface area contributed by atoms with Gasteiger partial charge in [0.05, 0.1) is 19.1 Å². The maximum atomic E-state index is 10.6. The Kier molecular flexibility index (Phi) is 5.33. The van der Waals surface area contributed by atoms with Gasteiger partial charge in [0.25, 0.3) is 0 Å². The highest BCUT2D eigenvalue weighted by atomic mass is 16.5. The quantitative estimate of drug-likeness (QED) is 0.793. The van der Waals surface area contributed by atoms with Crippen LogP contribution in [0.3, 0.4) is 0 Å². The van der Waals surface area contributed by atoms with Gasteiger partial charge in [0, 0.05) is 0 Å². The van der Waals surface area contributed by atoms with Crippen molar-refractivity contribution in [3.63, 3.8) is 0 Å². The molecule has 1 atom stereocenters. The Morgan fingerprint density at radius 1 is 1.29 bits per heavy atom. The number of hydrogen-bond donors (Lipinski definition) is 1. The van der Waals surface area contributed by atoms with E-state index in [0.717, 1.165) is 0 Å². The SMILES string of the molecule is CCOc1ccccc1OCCC(C)C(=O)O. The molecule has 0 radical (unpaired) electrons. The van der Waals surface area contributed by atoms with Crippen LogP contribution >= 0.6 is 0 Å². The van der Waals surface area contributed by atoms with Gasteiger partial charge in [-0.05, 0) is 25.5 Å². The fraction of sp³-hybridized carbons (Fsp3) is 0.462. The summed E-state index contributed by atoms with van der Waals surface area (Å²) in [6.45, 7) is 4.52. The molecule has 1 N–H and O–H groups in total. The summed E-state index contributed by atoms with van der Waals surface area (Å²) >= 11 is 0. The summed E-state index contributed by atoms with van der Waals surface area (Å²) in [5.74, 6) is 0.158.